The number of aliphatic hydroxyl groups excluding tert-OH is 1. The van der Waals surface area contributed by atoms with Gasteiger partial charge in [-0.05, 0) is 5.92 Å². The van der Waals surface area contributed by atoms with Crippen molar-refractivity contribution in [1.82, 2.24) is 0 Å². The van der Waals surface area contributed by atoms with Crippen LogP contribution in [0.25, 0.3) is 0 Å². The van der Waals surface area contributed by atoms with Crippen molar-refractivity contribution in [3.8, 4) is 12.3 Å². The SMILES string of the molecule is C#CC(OC)C(O)C(C)C. The molecule has 10 heavy (non-hydrogen) atoms. The van der Waals surface area contributed by atoms with Crippen LogP contribution in [-0.4, -0.2) is 24.4 Å². The molecule has 2 atom stereocenters. The highest BCUT2D eigenvalue weighted by Crippen LogP contribution is 2.07. The first-order valence-electron chi connectivity index (χ1n) is 3.30. The molecule has 0 bridgehead atoms. The lowest BCUT2D eigenvalue weighted by Gasteiger charge is -2.19. The number of aliphatic hydroxyl groups is 1. The minimum absolute atomic E-state index is 0.140. The van der Waals surface area contributed by atoms with Crippen LogP contribution in [0.2, 0.25) is 0 Å². The fraction of sp³-hybridized carbons (Fsp3) is 0.750. The van der Waals surface area contributed by atoms with Gasteiger partial charge in [0.2, 0.25) is 0 Å². The molecule has 0 heterocycles. The van der Waals surface area contributed by atoms with Crippen molar-refractivity contribution in [1.29, 1.82) is 0 Å². The van der Waals surface area contributed by atoms with E-state index in [1.807, 2.05) is 13.8 Å². The third kappa shape index (κ3) is 2.38. The molecule has 0 saturated carbocycles. The first-order chi connectivity index (χ1) is 4.63. The van der Waals surface area contributed by atoms with E-state index in [4.69, 9.17) is 11.2 Å². The number of terminal acetylenes is 1. The Hall–Kier alpha value is -0.520. The molecular formula is C8H14O2. The number of hydrogen-bond donors (Lipinski definition) is 1. The number of ether oxygens (including phenoxy) is 1. The summed E-state index contributed by atoms with van der Waals surface area (Å²) in [6.07, 6.45) is 4.05. The Kier molecular flexibility index (Phi) is 4.10. The predicted octanol–water partition coefficient (Wildman–Crippen LogP) is 0.651. The van der Waals surface area contributed by atoms with Crippen LogP contribution in [-0.2, 0) is 4.74 Å². The van der Waals surface area contributed by atoms with E-state index < -0.39 is 12.2 Å². The van der Waals surface area contributed by atoms with Gasteiger partial charge in [-0.1, -0.05) is 19.8 Å². The molecule has 1 N–H and O–H groups in total. The smallest absolute Gasteiger partial charge is 0.143 e. The van der Waals surface area contributed by atoms with E-state index in [9.17, 15) is 5.11 Å². The summed E-state index contributed by atoms with van der Waals surface area (Å²) in [4.78, 5) is 0. The summed E-state index contributed by atoms with van der Waals surface area (Å²) in [6.45, 7) is 3.79. The Morgan fingerprint density at radius 2 is 2.00 bits per heavy atom. The van der Waals surface area contributed by atoms with Crippen molar-refractivity contribution >= 4 is 0 Å². The lowest BCUT2D eigenvalue weighted by atomic mass is 10.0. The van der Waals surface area contributed by atoms with E-state index in [-0.39, 0.29) is 5.92 Å². The van der Waals surface area contributed by atoms with E-state index in [2.05, 4.69) is 5.92 Å². The lowest BCUT2D eigenvalue weighted by molar-refractivity contribution is -0.00251. The summed E-state index contributed by atoms with van der Waals surface area (Å²) in [5, 5.41) is 9.32. The summed E-state index contributed by atoms with van der Waals surface area (Å²) < 4.78 is 4.84. The summed E-state index contributed by atoms with van der Waals surface area (Å²) in [7, 11) is 1.50. The van der Waals surface area contributed by atoms with Gasteiger partial charge in [0, 0.05) is 7.11 Å². The van der Waals surface area contributed by atoms with Gasteiger partial charge < -0.3 is 9.84 Å². The summed E-state index contributed by atoms with van der Waals surface area (Å²) in [5.41, 5.74) is 0. The van der Waals surface area contributed by atoms with E-state index in [0.29, 0.717) is 0 Å². The molecule has 2 unspecified atom stereocenters. The average molecular weight is 142 g/mol. The first-order valence-corrected chi connectivity index (χ1v) is 3.30. The zero-order valence-electron chi connectivity index (χ0n) is 6.66. The van der Waals surface area contributed by atoms with E-state index in [0.717, 1.165) is 0 Å². The summed E-state index contributed by atoms with van der Waals surface area (Å²) >= 11 is 0. The van der Waals surface area contributed by atoms with Crippen molar-refractivity contribution in [2.24, 2.45) is 5.92 Å². The van der Waals surface area contributed by atoms with Gasteiger partial charge in [-0.3, -0.25) is 0 Å². The van der Waals surface area contributed by atoms with Gasteiger partial charge in [0.15, 0.2) is 0 Å². The van der Waals surface area contributed by atoms with Crippen LogP contribution in [0.4, 0.5) is 0 Å². The second kappa shape index (κ2) is 4.32. The van der Waals surface area contributed by atoms with Crippen molar-refractivity contribution in [3.63, 3.8) is 0 Å². The molecule has 0 rings (SSSR count). The van der Waals surface area contributed by atoms with Gasteiger partial charge in [0.1, 0.15) is 6.10 Å². The van der Waals surface area contributed by atoms with Gasteiger partial charge in [0.25, 0.3) is 0 Å². The second-order valence-corrected chi connectivity index (χ2v) is 2.56. The molecule has 0 amide bonds. The zero-order valence-corrected chi connectivity index (χ0v) is 6.66. The lowest BCUT2D eigenvalue weighted by Crippen LogP contribution is -2.30. The van der Waals surface area contributed by atoms with E-state index >= 15 is 0 Å². The van der Waals surface area contributed by atoms with Crippen molar-refractivity contribution in [2.75, 3.05) is 7.11 Å². The largest absolute Gasteiger partial charge is 0.389 e. The molecule has 58 valence electrons. The van der Waals surface area contributed by atoms with Gasteiger partial charge in [-0.15, -0.1) is 6.42 Å². The molecule has 0 aliphatic heterocycles. The summed E-state index contributed by atoms with van der Waals surface area (Å²) in [6, 6.07) is 0. The molecule has 0 aromatic heterocycles. The van der Waals surface area contributed by atoms with Crippen LogP contribution in [0.3, 0.4) is 0 Å². The standard InChI is InChI=1S/C8H14O2/c1-5-7(10-4)8(9)6(2)3/h1,6-9H,2-4H3. The predicted molar refractivity (Wildman–Crippen MR) is 40.5 cm³/mol. The molecule has 0 fully saturated rings. The maximum Gasteiger partial charge on any atom is 0.143 e. The molecular weight excluding hydrogens is 128 g/mol. The maximum absolute atomic E-state index is 9.32. The van der Waals surface area contributed by atoms with Crippen LogP contribution < -0.4 is 0 Å². The average Bonchev–Trinajstić information content (AvgIpc) is 1.90. The highest BCUT2D eigenvalue weighted by atomic mass is 16.5. The van der Waals surface area contributed by atoms with Crippen LogP contribution in [0.15, 0.2) is 0 Å². The molecule has 0 saturated heterocycles. The van der Waals surface area contributed by atoms with Gasteiger partial charge >= 0.3 is 0 Å². The van der Waals surface area contributed by atoms with Crippen LogP contribution in [0.5, 0.6) is 0 Å². The molecule has 0 radical (unpaired) electrons. The Labute approximate surface area is 62.2 Å². The van der Waals surface area contributed by atoms with Gasteiger partial charge in [-0.2, -0.15) is 0 Å². The van der Waals surface area contributed by atoms with Crippen LogP contribution in [0, 0.1) is 18.3 Å². The molecule has 0 aliphatic rings. The highest BCUT2D eigenvalue weighted by Gasteiger charge is 2.18. The highest BCUT2D eigenvalue weighted by molar-refractivity contribution is 4.99. The topological polar surface area (TPSA) is 29.5 Å². The molecule has 0 aliphatic carbocycles. The van der Waals surface area contributed by atoms with Crippen molar-refractivity contribution in [2.45, 2.75) is 26.1 Å². The fourth-order valence-corrected chi connectivity index (χ4v) is 0.656. The Morgan fingerprint density at radius 3 is 2.10 bits per heavy atom. The number of hydrogen-bond acceptors (Lipinski definition) is 2. The van der Waals surface area contributed by atoms with Crippen LogP contribution >= 0.6 is 0 Å². The summed E-state index contributed by atoms with van der Waals surface area (Å²) in [5.74, 6) is 2.50. The monoisotopic (exact) mass is 142 g/mol. The normalized spacial score (nSPS) is 16.4. The molecule has 2 heteroatoms. The quantitative estimate of drug-likeness (QED) is 0.586. The minimum Gasteiger partial charge on any atom is -0.389 e. The number of methoxy groups -OCH3 is 1. The Bertz CT molecular complexity index is 124. The first kappa shape index (κ1) is 9.48. The van der Waals surface area contributed by atoms with Crippen molar-refractivity contribution in [3.05, 3.63) is 0 Å². The van der Waals surface area contributed by atoms with E-state index in [1.165, 1.54) is 7.11 Å². The van der Waals surface area contributed by atoms with Gasteiger partial charge in [0.05, 0.1) is 6.10 Å². The molecule has 2 nitrogen and oxygen atoms in total. The minimum atomic E-state index is -0.560. The third-order valence-corrected chi connectivity index (χ3v) is 1.41. The molecule has 0 aromatic rings. The fourth-order valence-electron chi connectivity index (χ4n) is 0.656. The third-order valence-electron chi connectivity index (χ3n) is 1.41. The zero-order chi connectivity index (χ0) is 8.15. The maximum atomic E-state index is 9.32. The Balaban J connectivity index is 3.92. The van der Waals surface area contributed by atoms with Crippen molar-refractivity contribution < 1.29 is 9.84 Å². The number of rotatable bonds is 3. The van der Waals surface area contributed by atoms with E-state index in [1.54, 1.807) is 0 Å². The Morgan fingerprint density at radius 1 is 1.50 bits per heavy atom. The van der Waals surface area contributed by atoms with Crippen LogP contribution in [0.1, 0.15) is 13.8 Å². The second-order valence-electron chi connectivity index (χ2n) is 2.56. The molecule has 0 aromatic carbocycles. The molecule has 0 spiro atoms. The van der Waals surface area contributed by atoms with Gasteiger partial charge in [-0.25, -0.2) is 0 Å².